The molecule has 116 valence electrons. The van der Waals surface area contributed by atoms with Gasteiger partial charge in [-0.15, -0.1) is 0 Å². The molecule has 0 aliphatic carbocycles. The Hall–Kier alpha value is -3.08. The van der Waals surface area contributed by atoms with Gasteiger partial charge in [-0.05, 0) is 30.7 Å². The van der Waals surface area contributed by atoms with Gasteiger partial charge in [0.05, 0.1) is 5.39 Å². The number of aromatic amines is 1. The third kappa shape index (κ3) is 3.08. The van der Waals surface area contributed by atoms with Gasteiger partial charge in [0.2, 0.25) is 5.43 Å². The second-order valence-electron chi connectivity index (χ2n) is 5.32. The highest BCUT2D eigenvalue weighted by Crippen LogP contribution is 2.19. The lowest BCUT2D eigenvalue weighted by atomic mass is 10.1. The van der Waals surface area contributed by atoms with Gasteiger partial charge < -0.3 is 14.8 Å². The Morgan fingerprint density at radius 1 is 1.22 bits per heavy atom. The predicted octanol–water partition coefficient (Wildman–Crippen LogP) is 3.11. The van der Waals surface area contributed by atoms with Gasteiger partial charge in [0.15, 0.2) is 0 Å². The van der Waals surface area contributed by atoms with E-state index in [4.69, 9.17) is 9.84 Å². The molecule has 0 amide bonds. The van der Waals surface area contributed by atoms with Crippen LogP contribution < -0.4 is 10.2 Å². The van der Waals surface area contributed by atoms with E-state index in [1.807, 2.05) is 31.2 Å². The lowest BCUT2D eigenvalue weighted by Gasteiger charge is -2.08. The van der Waals surface area contributed by atoms with E-state index in [-0.39, 0.29) is 5.56 Å². The lowest BCUT2D eigenvalue weighted by Crippen LogP contribution is -2.15. The fraction of sp³-hybridized carbons (Fsp3) is 0.111. The Kier molecular flexibility index (Phi) is 3.85. The third-order valence-electron chi connectivity index (χ3n) is 3.57. The number of pyridine rings is 1. The van der Waals surface area contributed by atoms with E-state index in [1.54, 1.807) is 18.2 Å². The van der Waals surface area contributed by atoms with Crippen molar-refractivity contribution < 1.29 is 14.6 Å². The molecular formula is C18H15NO4. The Morgan fingerprint density at radius 2 is 2.04 bits per heavy atom. The fourth-order valence-corrected chi connectivity index (χ4v) is 2.41. The number of hydrogen-bond acceptors (Lipinski definition) is 3. The number of benzene rings is 2. The number of carbonyl (C=O) groups is 1. The van der Waals surface area contributed by atoms with Crippen LogP contribution in [0.5, 0.6) is 5.75 Å². The van der Waals surface area contributed by atoms with Crippen LogP contribution in [-0.4, -0.2) is 16.1 Å². The maximum absolute atomic E-state index is 12.2. The molecule has 2 aromatic carbocycles. The summed E-state index contributed by atoms with van der Waals surface area (Å²) < 4.78 is 5.71. The first-order valence-corrected chi connectivity index (χ1v) is 7.11. The van der Waals surface area contributed by atoms with Crippen LogP contribution in [0.1, 0.15) is 21.5 Å². The summed E-state index contributed by atoms with van der Waals surface area (Å²) >= 11 is 0. The number of aryl methyl sites for hydroxylation is 1. The molecule has 0 atom stereocenters. The normalized spacial score (nSPS) is 10.7. The first kappa shape index (κ1) is 14.8. The number of fused-ring (bicyclic) bond motifs is 1. The maximum atomic E-state index is 12.2. The van der Waals surface area contributed by atoms with Crippen LogP contribution in [0.3, 0.4) is 0 Å². The quantitative estimate of drug-likeness (QED) is 0.776. The smallest absolute Gasteiger partial charge is 0.341 e. The molecule has 0 saturated heterocycles. The Balaban J connectivity index is 1.91. The monoisotopic (exact) mass is 309 g/mol. The van der Waals surface area contributed by atoms with Crippen LogP contribution in [0.15, 0.2) is 53.5 Å². The number of ether oxygens (including phenoxy) is 1. The number of aromatic nitrogens is 1. The zero-order valence-corrected chi connectivity index (χ0v) is 12.5. The number of H-pyrrole nitrogens is 1. The van der Waals surface area contributed by atoms with Gasteiger partial charge in [-0.1, -0.05) is 29.8 Å². The summed E-state index contributed by atoms with van der Waals surface area (Å²) in [5.74, 6) is -0.730. The van der Waals surface area contributed by atoms with Gasteiger partial charge in [0.1, 0.15) is 17.9 Å². The van der Waals surface area contributed by atoms with Crippen molar-refractivity contribution in [2.45, 2.75) is 13.5 Å². The minimum Gasteiger partial charge on any atom is -0.489 e. The molecule has 0 saturated carbocycles. The minimum absolute atomic E-state index is 0.284. The van der Waals surface area contributed by atoms with Gasteiger partial charge >= 0.3 is 5.97 Å². The zero-order chi connectivity index (χ0) is 16.4. The number of aromatic carboxylic acids is 1. The van der Waals surface area contributed by atoms with Crippen LogP contribution in [0, 0.1) is 6.92 Å². The van der Waals surface area contributed by atoms with E-state index in [0.717, 1.165) is 11.1 Å². The molecule has 0 fully saturated rings. The van der Waals surface area contributed by atoms with Crippen molar-refractivity contribution in [3.05, 3.63) is 75.6 Å². The molecule has 0 radical (unpaired) electrons. The molecule has 3 aromatic rings. The van der Waals surface area contributed by atoms with Crippen molar-refractivity contribution in [1.82, 2.24) is 4.98 Å². The van der Waals surface area contributed by atoms with Crippen molar-refractivity contribution in [2.24, 2.45) is 0 Å². The average molecular weight is 309 g/mol. The van der Waals surface area contributed by atoms with Crippen molar-refractivity contribution in [3.63, 3.8) is 0 Å². The van der Waals surface area contributed by atoms with E-state index in [9.17, 15) is 9.59 Å². The summed E-state index contributed by atoms with van der Waals surface area (Å²) in [6.07, 6.45) is 1.21. The van der Waals surface area contributed by atoms with E-state index >= 15 is 0 Å². The van der Waals surface area contributed by atoms with E-state index in [0.29, 0.717) is 23.3 Å². The second-order valence-corrected chi connectivity index (χ2v) is 5.32. The Bertz CT molecular complexity index is 943. The SMILES string of the molecule is Cc1cccc(COc2ccc3[nH]cc(C(=O)O)c(=O)c3c2)c1. The van der Waals surface area contributed by atoms with E-state index < -0.39 is 11.4 Å². The molecular weight excluding hydrogens is 294 g/mol. The molecule has 3 rings (SSSR count). The molecule has 0 aliphatic rings. The topological polar surface area (TPSA) is 79.4 Å². The summed E-state index contributed by atoms with van der Waals surface area (Å²) in [6, 6.07) is 13.0. The van der Waals surface area contributed by atoms with Crippen LogP contribution >= 0.6 is 0 Å². The molecule has 5 nitrogen and oxygen atoms in total. The number of nitrogens with one attached hydrogen (secondary N) is 1. The van der Waals surface area contributed by atoms with Crippen molar-refractivity contribution in [3.8, 4) is 5.75 Å². The average Bonchev–Trinajstić information content (AvgIpc) is 2.53. The highest BCUT2D eigenvalue weighted by Gasteiger charge is 2.12. The molecule has 23 heavy (non-hydrogen) atoms. The zero-order valence-electron chi connectivity index (χ0n) is 12.5. The van der Waals surface area contributed by atoms with Crippen LogP contribution in [-0.2, 0) is 6.61 Å². The highest BCUT2D eigenvalue weighted by atomic mass is 16.5. The molecule has 0 bridgehead atoms. The highest BCUT2D eigenvalue weighted by molar-refractivity contribution is 5.92. The first-order valence-electron chi connectivity index (χ1n) is 7.11. The molecule has 5 heteroatoms. The largest absolute Gasteiger partial charge is 0.489 e. The predicted molar refractivity (Wildman–Crippen MR) is 87.0 cm³/mol. The lowest BCUT2D eigenvalue weighted by molar-refractivity contribution is 0.0695. The van der Waals surface area contributed by atoms with Gasteiger partial charge in [-0.3, -0.25) is 4.79 Å². The third-order valence-corrected chi connectivity index (χ3v) is 3.57. The molecule has 0 spiro atoms. The number of rotatable bonds is 4. The van der Waals surface area contributed by atoms with Crippen molar-refractivity contribution in [1.29, 1.82) is 0 Å². The summed E-state index contributed by atoms with van der Waals surface area (Å²) in [7, 11) is 0. The Morgan fingerprint density at radius 3 is 2.78 bits per heavy atom. The molecule has 2 N–H and O–H groups in total. The summed E-state index contributed by atoms with van der Waals surface area (Å²) in [6.45, 7) is 2.39. The molecule has 1 heterocycles. The van der Waals surface area contributed by atoms with Crippen LogP contribution in [0.4, 0.5) is 0 Å². The first-order chi connectivity index (χ1) is 11.0. The van der Waals surface area contributed by atoms with E-state index in [2.05, 4.69) is 4.98 Å². The standard InChI is InChI=1S/C18H15NO4/c1-11-3-2-4-12(7-11)10-23-13-5-6-16-14(8-13)17(20)15(9-19-16)18(21)22/h2-9H,10H2,1H3,(H,19,20)(H,21,22). The Labute approximate surface area is 132 Å². The molecule has 0 aliphatic heterocycles. The second kappa shape index (κ2) is 5.96. The van der Waals surface area contributed by atoms with Crippen LogP contribution in [0.25, 0.3) is 10.9 Å². The van der Waals surface area contributed by atoms with Crippen LogP contribution in [0.2, 0.25) is 0 Å². The van der Waals surface area contributed by atoms with Gasteiger partial charge in [0.25, 0.3) is 0 Å². The number of carboxylic acids is 1. The van der Waals surface area contributed by atoms with E-state index in [1.165, 1.54) is 6.20 Å². The molecule has 0 unspecified atom stereocenters. The number of hydrogen-bond donors (Lipinski definition) is 2. The van der Waals surface area contributed by atoms with Gasteiger partial charge in [0, 0.05) is 11.7 Å². The summed E-state index contributed by atoms with van der Waals surface area (Å²) in [4.78, 5) is 26.0. The summed E-state index contributed by atoms with van der Waals surface area (Å²) in [5.41, 5.74) is 1.94. The minimum atomic E-state index is -1.25. The summed E-state index contributed by atoms with van der Waals surface area (Å²) in [5, 5.41) is 9.32. The van der Waals surface area contributed by atoms with Gasteiger partial charge in [-0.2, -0.15) is 0 Å². The fourth-order valence-electron chi connectivity index (χ4n) is 2.41. The molecule has 1 aromatic heterocycles. The number of carboxylic acid groups (broad SMARTS) is 1. The maximum Gasteiger partial charge on any atom is 0.341 e. The van der Waals surface area contributed by atoms with Crippen molar-refractivity contribution >= 4 is 16.9 Å². The van der Waals surface area contributed by atoms with Crippen molar-refractivity contribution in [2.75, 3.05) is 0 Å². The van der Waals surface area contributed by atoms with Gasteiger partial charge in [-0.25, -0.2) is 4.79 Å².